The Morgan fingerprint density at radius 2 is 1.53 bits per heavy atom. The van der Waals surface area contributed by atoms with E-state index >= 15 is 0 Å². The summed E-state index contributed by atoms with van der Waals surface area (Å²) in [6.07, 6.45) is 9.50. The first kappa shape index (κ1) is 14.8. The second-order valence-corrected chi connectivity index (χ2v) is 3.95. The van der Waals surface area contributed by atoms with Crippen molar-refractivity contribution in [3.63, 3.8) is 0 Å². The standard InChI is InChI=1S/C12H22ClO2/c1-2-3-4-5-6-7-8-9-10-15-12(14)11-13/h1-11H2. The van der Waals surface area contributed by atoms with Crippen molar-refractivity contribution in [3.8, 4) is 0 Å². The summed E-state index contributed by atoms with van der Waals surface area (Å²) in [6, 6.07) is 0. The van der Waals surface area contributed by atoms with Crippen LogP contribution in [0.5, 0.6) is 0 Å². The Morgan fingerprint density at radius 3 is 2.07 bits per heavy atom. The molecule has 0 bridgehead atoms. The number of esters is 1. The molecule has 3 heteroatoms. The van der Waals surface area contributed by atoms with Crippen LogP contribution in [0, 0.1) is 6.92 Å². The van der Waals surface area contributed by atoms with Crippen LogP contribution in [0.15, 0.2) is 0 Å². The molecule has 0 spiro atoms. The third-order valence-electron chi connectivity index (χ3n) is 2.27. The Bertz CT molecular complexity index is 149. The highest BCUT2D eigenvalue weighted by Crippen LogP contribution is 2.08. The number of alkyl halides is 1. The van der Waals surface area contributed by atoms with Crippen LogP contribution < -0.4 is 0 Å². The highest BCUT2D eigenvalue weighted by atomic mass is 35.5. The normalized spacial score (nSPS) is 10.3. The molecule has 0 aliphatic carbocycles. The van der Waals surface area contributed by atoms with Gasteiger partial charge in [-0.2, -0.15) is 0 Å². The molecule has 0 fully saturated rings. The van der Waals surface area contributed by atoms with E-state index < -0.39 is 0 Å². The fraction of sp³-hybridized carbons (Fsp3) is 0.833. The van der Waals surface area contributed by atoms with Crippen LogP contribution in [0.3, 0.4) is 0 Å². The third-order valence-corrected chi connectivity index (χ3v) is 2.48. The lowest BCUT2D eigenvalue weighted by Crippen LogP contribution is -2.06. The fourth-order valence-corrected chi connectivity index (χ4v) is 1.46. The van der Waals surface area contributed by atoms with Crippen molar-refractivity contribution in [1.82, 2.24) is 0 Å². The van der Waals surface area contributed by atoms with Crippen LogP contribution in [0.2, 0.25) is 0 Å². The minimum atomic E-state index is -0.313. The molecule has 15 heavy (non-hydrogen) atoms. The van der Waals surface area contributed by atoms with Crippen molar-refractivity contribution in [2.24, 2.45) is 0 Å². The zero-order valence-corrected chi connectivity index (χ0v) is 10.2. The number of carbonyl (C=O) groups is 1. The van der Waals surface area contributed by atoms with Gasteiger partial charge in [0.15, 0.2) is 0 Å². The van der Waals surface area contributed by atoms with Crippen molar-refractivity contribution >= 4 is 17.6 Å². The van der Waals surface area contributed by atoms with E-state index in [4.69, 9.17) is 16.3 Å². The maximum absolute atomic E-state index is 10.7. The maximum Gasteiger partial charge on any atom is 0.320 e. The second-order valence-electron chi connectivity index (χ2n) is 3.68. The molecule has 1 radical (unpaired) electrons. The maximum atomic E-state index is 10.7. The molecule has 0 aromatic rings. The lowest BCUT2D eigenvalue weighted by molar-refractivity contribution is -0.140. The lowest BCUT2D eigenvalue weighted by Gasteiger charge is -2.02. The van der Waals surface area contributed by atoms with Gasteiger partial charge in [-0.15, -0.1) is 11.6 Å². The van der Waals surface area contributed by atoms with E-state index in [0.717, 1.165) is 19.3 Å². The summed E-state index contributed by atoms with van der Waals surface area (Å²) in [5.41, 5.74) is 0. The van der Waals surface area contributed by atoms with Crippen molar-refractivity contribution in [3.05, 3.63) is 6.92 Å². The molecular formula is C12H22ClO2. The predicted molar refractivity (Wildman–Crippen MR) is 64.0 cm³/mol. The molecule has 0 aromatic carbocycles. The molecule has 0 heterocycles. The molecule has 0 N–H and O–H groups in total. The largest absolute Gasteiger partial charge is 0.465 e. The molecule has 89 valence electrons. The van der Waals surface area contributed by atoms with E-state index in [1.165, 1.54) is 32.1 Å². The number of unbranched alkanes of at least 4 members (excludes halogenated alkanes) is 7. The first-order valence-electron chi connectivity index (χ1n) is 5.82. The molecule has 0 aliphatic heterocycles. The number of ether oxygens (including phenoxy) is 1. The van der Waals surface area contributed by atoms with Gasteiger partial charge in [-0.1, -0.05) is 51.9 Å². The quantitative estimate of drug-likeness (QED) is 0.327. The highest BCUT2D eigenvalue weighted by Gasteiger charge is 1.98. The van der Waals surface area contributed by atoms with E-state index in [9.17, 15) is 4.79 Å². The molecule has 0 aliphatic rings. The Balaban J connectivity index is 2.95. The van der Waals surface area contributed by atoms with E-state index in [2.05, 4.69) is 6.92 Å². The summed E-state index contributed by atoms with van der Waals surface area (Å²) in [5.74, 6) is -0.350. The minimum absolute atomic E-state index is 0.0367. The molecular weight excluding hydrogens is 212 g/mol. The first-order chi connectivity index (χ1) is 7.31. The molecule has 0 saturated heterocycles. The summed E-state index contributed by atoms with van der Waals surface area (Å²) in [4.78, 5) is 10.7. The van der Waals surface area contributed by atoms with Gasteiger partial charge >= 0.3 is 5.97 Å². The molecule has 0 unspecified atom stereocenters. The smallest absolute Gasteiger partial charge is 0.320 e. The highest BCUT2D eigenvalue weighted by molar-refractivity contribution is 6.26. The van der Waals surface area contributed by atoms with E-state index in [0.29, 0.717) is 6.61 Å². The number of halogens is 1. The van der Waals surface area contributed by atoms with Crippen LogP contribution in [-0.2, 0) is 9.53 Å². The van der Waals surface area contributed by atoms with Gasteiger partial charge in [-0.05, 0) is 6.42 Å². The van der Waals surface area contributed by atoms with Gasteiger partial charge in [0.25, 0.3) is 0 Å². The van der Waals surface area contributed by atoms with E-state index in [1.807, 2.05) is 0 Å². The summed E-state index contributed by atoms with van der Waals surface area (Å²) in [6.45, 7) is 4.33. The topological polar surface area (TPSA) is 26.3 Å². The Kier molecular flexibility index (Phi) is 11.6. The van der Waals surface area contributed by atoms with Gasteiger partial charge in [0.1, 0.15) is 5.88 Å². The number of carbonyl (C=O) groups excluding carboxylic acids is 1. The van der Waals surface area contributed by atoms with Crippen molar-refractivity contribution in [2.45, 2.75) is 51.4 Å². The number of rotatable bonds is 10. The van der Waals surface area contributed by atoms with Crippen LogP contribution in [-0.4, -0.2) is 18.5 Å². The van der Waals surface area contributed by atoms with Crippen molar-refractivity contribution in [2.75, 3.05) is 12.5 Å². The van der Waals surface area contributed by atoms with Crippen molar-refractivity contribution in [1.29, 1.82) is 0 Å². The average molecular weight is 234 g/mol. The number of hydrogen-bond donors (Lipinski definition) is 0. The Morgan fingerprint density at radius 1 is 1.00 bits per heavy atom. The SMILES string of the molecule is [CH2]CCCCCCCCCOC(=O)CCl. The summed E-state index contributed by atoms with van der Waals surface area (Å²) in [7, 11) is 0. The molecule has 0 rings (SSSR count). The second kappa shape index (κ2) is 11.8. The van der Waals surface area contributed by atoms with Crippen LogP contribution in [0.1, 0.15) is 51.4 Å². The third kappa shape index (κ3) is 11.7. The first-order valence-corrected chi connectivity index (χ1v) is 6.35. The monoisotopic (exact) mass is 233 g/mol. The summed E-state index contributed by atoms with van der Waals surface area (Å²) < 4.78 is 4.86. The van der Waals surface area contributed by atoms with Crippen LogP contribution >= 0.6 is 11.6 Å². The molecule has 0 aromatic heterocycles. The molecule has 2 nitrogen and oxygen atoms in total. The summed E-state index contributed by atoms with van der Waals surface area (Å²) in [5, 5.41) is 0. The number of hydrogen-bond acceptors (Lipinski definition) is 2. The lowest BCUT2D eigenvalue weighted by atomic mass is 10.1. The minimum Gasteiger partial charge on any atom is -0.465 e. The average Bonchev–Trinajstić information content (AvgIpc) is 2.26. The summed E-state index contributed by atoms with van der Waals surface area (Å²) >= 11 is 5.28. The van der Waals surface area contributed by atoms with Gasteiger partial charge in [0.2, 0.25) is 0 Å². The van der Waals surface area contributed by atoms with Crippen LogP contribution in [0.4, 0.5) is 0 Å². The fourth-order valence-electron chi connectivity index (χ4n) is 1.39. The van der Waals surface area contributed by atoms with Gasteiger partial charge in [-0.3, -0.25) is 4.79 Å². The van der Waals surface area contributed by atoms with Gasteiger partial charge < -0.3 is 4.74 Å². The van der Waals surface area contributed by atoms with Gasteiger partial charge in [-0.25, -0.2) is 0 Å². The molecule has 0 saturated carbocycles. The zero-order chi connectivity index (χ0) is 11.4. The molecule has 0 amide bonds. The van der Waals surface area contributed by atoms with Crippen molar-refractivity contribution < 1.29 is 9.53 Å². The Labute approximate surface area is 98.3 Å². The molecule has 0 atom stereocenters. The van der Waals surface area contributed by atoms with Gasteiger partial charge in [0, 0.05) is 0 Å². The Hall–Kier alpha value is -0.240. The van der Waals surface area contributed by atoms with Crippen LogP contribution in [0.25, 0.3) is 0 Å². The van der Waals surface area contributed by atoms with E-state index in [1.54, 1.807) is 0 Å². The van der Waals surface area contributed by atoms with Gasteiger partial charge in [0.05, 0.1) is 6.61 Å². The van der Waals surface area contributed by atoms with E-state index in [-0.39, 0.29) is 11.8 Å². The zero-order valence-electron chi connectivity index (χ0n) is 9.47. The predicted octanol–water partition coefficient (Wildman–Crippen LogP) is 3.72.